The number of aromatic nitrogens is 3. The fraction of sp³-hybridized carbons (Fsp3) is 0.538. The molecule has 2 aromatic heterocycles. The molecule has 18 heavy (non-hydrogen) atoms. The van der Waals surface area contributed by atoms with Crippen LogP contribution < -0.4 is 5.32 Å². The molecule has 0 aromatic carbocycles. The molecule has 5 heteroatoms. The van der Waals surface area contributed by atoms with Gasteiger partial charge in [-0.15, -0.1) is 10.2 Å². The molecule has 0 aliphatic rings. The summed E-state index contributed by atoms with van der Waals surface area (Å²) in [6, 6.07) is 6.59. The molecule has 0 atom stereocenters. The van der Waals surface area contributed by atoms with E-state index in [1.807, 2.05) is 28.8 Å². The van der Waals surface area contributed by atoms with Crippen LogP contribution in [0.1, 0.15) is 26.7 Å². The first-order valence-electron chi connectivity index (χ1n) is 6.51. The van der Waals surface area contributed by atoms with Crippen LogP contribution in [0.5, 0.6) is 0 Å². The lowest BCUT2D eigenvalue weighted by Crippen LogP contribution is -2.29. The quantitative estimate of drug-likeness (QED) is 0.616. The molecule has 0 unspecified atom stereocenters. The maximum atomic E-state index is 4.20. The van der Waals surface area contributed by atoms with Crippen LogP contribution in [0.2, 0.25) is 0 Å². The van der Waals surface area contributed by atoms with Crippen LogP contribution in [0.25, 0.3) is 5.65 Å². The van der Waals surface area contributed by atoms with E-state index in [9.17, 15) is 0 Å². The summed E-state index contributed by atoms with van der Waals surface area (Å²) in [7, 11) is 0. The van der Waals surface area contributed by atoms with Crippen molar-refractivity contribution >= 4 is 17.4 Å². The molecule has 2 aromatic rings. The zero-order chi connectivity index (χ0) is 12.8. The topological polar surface area (TPSA) is 42.2 Å². The number of hydrogen-bond acceptors (Lipinski definition) is 4. The largest absolute Gasteiger partial charge is 0.313 e. The fourth-order valence-electron chi connectivity index (χ4n) is 1.90. The average Bonchev–Trinajstić information content (AvgIpc) is 2.82. The van der Waals surface area contributed by atoms with Gasteiger partial charge in [-0.3, -0.25) is 4.40 Å². The molecule has 4 nitrogen and oxygen atoms in total. The van der Waals surface area contributed by atoms with Gasteiger partial charge in [0, 0.05) is 24.5 Å². The molecular formula is C13H20N4S. The Morgan fingerprint density at radius 2 is 2.11 bits per heavy atom. The summed E-state index contributed by atoms with van der Waals surface area (Å²) >= 11 is 1.75. The third kappa shape index (κ3) is 3.23. The number of nitrogens with zero attached hydrogens (tertiary/aromatic N) is 3. The van der Waals surface area contributed by atoms with Crippen molar-refractivity contribution in [2.45, 2.75) is 37.9 Å². The Hall–Kier alpha value is -1.07. The van der Waals surface area contributed by atoms with E-state index in [1.54, 1.807) is 11.8 Å². The van der Waals surface area contributed by atoms with Crippen molar-refractivity contribution in [2.75, 3.05) is 12.3 Å². The Morgan fingerprint density at radius 1 is 1.28 bits per heavy atom. The minimum absolute atomic E-state index is 0.640. The lowest BCUT2D eigenvalue weighted by molar-refractivity contribution is 0.501. The Bertz CT molecular complexity index is 479. The summed E-state index contributed by atoms with van der Waals surface area (Å²) < 4.78 is 2.03. The Kier molecular flexibility index (Phi) is 5.01. The maximum absolute atomic E-state index is 4.20. The van der Waals surface area contributed by atoms with Gasteiger partial charge in [-0.1, -0.05) is 31.7 Å². The summed E-state index contributed by atoms with van der Waals surface area (Å²) in [5, 5.41) is 12.9. The van der Waals surface area contributed by atoms with E-state index in [1.165, 1.54) is 12.8 Å². The molecule has 98 valence electrons. The van der Waals surface area contributed by atoms with Crippen molar-refractivity contribution in [3.8, 4) is 0 Å². The third-order valence-electron chi connectivity index (χ3n) is 3.03. The van der Waals surface area contributed by atoms with Gasteiger partial charge in [-0.05, 0) is 25.0 Å². The molecule has 0 saturated heterocycles. The summed E-state index contributed by atoms with van der Waals surface area (Å²) in [6.45, 7) is 5.46. The van der Waals surface area contributed by atoms with Gasteiger partial charge in [-0.2, -0.15) is 0 Å². The van der Waals surface area contributed by atoms with E-state index in [-0.39, 0.29) is 0 Å². The number of pyridine rings is 1. The Balaban J connectivity index is 1.83. The number of nitrogens with one attached hydrogen (secondary N) is 1. The van der Waals surface area contributed by atoms with Crippen molar-refractivity contribution in [3.05, 3.63) is 24.4 Å². The number of hydrogen-bond donors (Lipinski definition) is 1. The van der Waals surface area contributed by atoms with Crippen molar-refractivity contribution in [1.82, 2.24) is 19.9 Å². The highest BCUT2D eigenvalue weighted by atomic mass is 32.2. The van der Waals surface area contributed by atoms with Gasteiger partial charge in [-0.25, -0.2) is 0 Å². The standard InChI is InChI=1S/C13H20N4S/c1-3-11(4-2)14-8-10-18-13-16-15-12-7-5-6-9-17(12)13/h5-7,9,11,14H,3-4,8,10H2,1-2H3. The predicted molar refractivity (Wildman–Crippen MR) is 76.1 cm³/mol. The van der Waals surface area contributed by atoms with E-state index in [2.05, 4.69) is 29.4 Å². The first-order valence-corrected chi connectivity index (χ1v) is 7.49. The molecule has 0 bridgehead atoms. The molecule has 0 fully saturated rings. The normalized spacial score (nSPS) is 11.5. The maximum Gasteiger partial charge on any atom is 0.195 e. The number of thioether (sulfide) groups is 1. The summed E-state index contributed by atoms with van der Waals surface area (Å²) in [5.74, 6) is 1.02. The first-order chi connectivity index (χ1) is 8.85. The molecule has 0 aliphatic heterocycles. The minimum Gasteiger partial charge on any atom is -0.313 e. The van der Waals surface area contributed by atoms with Crippen molar-refractivity contribution < 1.29 is 0 Å². The molecular weight excluding hydrogens is 244 g/mol. The first kappa shape index (κ1) is 13.4. The van der Waals surface area contributed by atoms with Gasteiger partial charge >= 0.3 is 0 Å². The van der Waals surface area contributed by atoms with Crippen molar-refractivity contribution in [3.63, 3.8) is 0 Å². The van der Waals surface area contributed by atoms with Crippen LogP contribution in [0.3, 0.4) is 0 Å². The number of rotatable bonds is 7. The van der Waals surface area contributed by atoms with E-state index in [0.717, 1.165) is 23.1 Å². The summed E-state index contributed by atoms with van der Waals surface area (Å²) in [5.41, 5.74) is 0.910. The van der Waals surface area contributed by atoms with Gasteiger partial charge in [0.05, 0.1) is 0 Å². The molecule has 0 saturated carbocycles. The molecule has 0 amide bonds. The van der Waals surface area contributed by atoms with Crippen LogP contribution in [-0.4, -0.2) is 32.9 Å². The highest BCUT2D eigenvalue weighted by molar-refractivity contribution is 7.99. The monoisotopic (exact) mass is 264 g/mol. The smallest absolute Gasteiger partial charge is 0.195 e. The summed E-state index contributed by atoms with van der Waals surface area (Å²) in [4.78, 5) is 0. The lowest BCUT2D eigenvalue weighted by Gasteiger charge is -2.13. The molecule has 2 rings (SSSR count). The Morgan fingerprint density at radius 3 is 2.89 bits per heavy atom. The SMILES string of the molecule is CCC(CC)NCCSc1nnc2ccccn12. The van der Waals surface area contributed by atoms with Crippen LogP contribution >= 0.6 is 11.8 Å². The van der Waals surface area contributed by atoms with Crippen LogP contribution in [0.15, 0.2) is 29.6 Å². The second kappa shape index (κ2) is 6.75. The van der Waals surface area contributed by atoms with E-state index >= 15 is 0 Å². The van der Waals surface area contributed by atoms with E-state index in [0.29, 0.717) is 6.04 Å². The Labute approximate surface area is 112 Å². The van der Waals surface area contributed by atoms with Gasteiger partial charge < -0.3 is 5.32 Å². The summed E-state index contributed by atoms with van der Waals surface area (Å²) in [6.07, 6.45) is 4.38. The average molecular weight is 264 g/mol. The fourth-order valence-corrected chi connectivity index (χ4v) is 2.70. The van der Waals surface area contributed by atoms with E-state index < -0.39 is 0 Å². The molecule has 1 N–H and O–H groups in total. The third-order valence-corrected chi connectivity index (χ3v) is 3.98. The van der Waals surface area contributed by atoms with Gasteiger partial charge in [0.1, 0.15) is 0 Å². The molecule has 0 radical (unpaired) electrons. The van der Waals surface area contributed by atoms with Crippen LogP contribution in [-0.2, 0) is 0 Å². The highest BCUT2D eigenvalue weighted by Gasteiger charge is 2.05. The number of fused-ring (bicyclic) bond motifs is 1. The van der Waals surface area contributed by atoms with Gasteiger partial charge in [0.15, 0.2) is 10.8 Å². The zero-order valence-electron chi connectivity index (χ0n) is 11.0. The minimum atomic E-state index is 0.640. The van der Waals surface area contributed by atoms with E-state index in [4.69, 9.17) is 0 Å². The predicted octanol–water partition coefficient (Wildman–Crippen LogP) is 2.60. The van der Waals surface area contributed by atoms with Crippen molar-refractivity contribution in [1.29, 1.82) is 0 Å². The van der Waals surface area contributed by atoms with Gasteiger partial charge in [0.25, 0.3) is 0 Å². The van der Waals surface area contributed by atoms with Crippen molar-refractivity contribution in [2.24, 2.45) is 0 Å². The second-order valence-corrected chi connectivity index (χ2v) is 5.29. The lowest BCUT2D eigenvalue weighted by atomic mass is 10.2. The zero-order valence-corrected chi connectivity index (χ0v) is 11.8. The van der Waals surface area contributed by atoms with Crippen LogP contribution in [0.4, 0.5) is 0 Å². The van der Waals surface area contributed by atoms with Gasteiger partial charge in [0.2, 0.25) is 0 Å². The molecule has 0 spiro atoms. The molecule has 0 aliphatic carbocycles. The molecule has 2 heterocycles. The second-order valence-electron chi connectivity index (χ2n) is 4.23. The highest BCUT2D eigenvalue weighted by Crippen LogP contribution is 2.15. The van der Waals surface area contributed by atoms with Crippen LogP contribution in [0, 0.1) is 0 Å².